The molecule has 5 N–H and O–H groups in total. The largest absolute Gasteiger partial charge is 0.508 e. The van der Waals surface area contributed by atoms with Gasteiger partial charge < -0.3 is 26.0 Å². The zero-order chi connectivity index (χ0) is 22.1. The molecule has 8 heteroatoms. The van der Waals surface area contributed by atoms with E-state index >= 15 is 0 Å². The van der Waals surface area contributed by atoms with Crippen LogP contribution in [0.5, 0.6) is 11.5 Å². The van der Waals surface area contributed by atoms with E-state index in [1.54, 1.807) is 39.0 Å². The number of carbonyl (C=O) groups excluding carboxylic acids is 1. The number of nitrogens with two attached hydrogens (primary N) is 1. The Balaban J connectivity index is 1.83. The van der Waals surface area contributed by atoms with E-state index in [-0.39, 0.29) is 29.5 Å². The molecule has 0 fully saturated rings. The molecule has 0 unspecified atom stereocenters. The molecule has 1 aromatic heterocycles. The fourth-order valence-electron chi connectivity index (χ4n) is 3.12. The summed E-state index contributed by atoms with van der Waals surface area (Å²) in [5, 5.41) is 22.1. The van der Waals surface area contributed by atoms with Gasteiger partial charge in [-0.3, -0.25) is 9.78 Å². The molecule has 1 heterocycles. The lowest BCUT2D eigenvalue weighted by Crippen LogP contribution is -2.47. The minimum atomic E-state index is -1.16. The van der Waals surface area contributed by atoms with Gasteiger partial charge >= 0.3 is 5.97 Å². The van der Waals surface area contributed by atoms with Crippen LogP contribution >= 0.6 is 0 Å². The topological polar surface area (TPSA) is 135 Å². The number of aromatic hydroxyl groups is 1. The number of amides is 1. The fourth-order valence-corrected chi connectivity index (χ4v) is 3.12. The number of phenols is 1. The summed E-state index contributed by atoms with van der Waals surface area (Å²) >= 11 is 0. The first-order valence-corrected chi connectivity index (χ1v) is 9.25. The van der Waals surface area contributed by atoms with Crippen molar-refractivity contribution >= 4 is 28.5 Å². The number of carboxylic acid groups (broad SMARTS) is 1. The number of hydrogen-bond acceptors (Lipinski definition) is 6. The van der Waals surface area contributed by atoms with Crippen LogP contribution in [0.3, 0.4) is 0 Å². The van der Waals surface area contributed by atoms with Gasteiger partial charge in [0.1, 0.15) is 23.7 Å². The number of nitrogens with zero attached hydrogens (tertiary/aromatic N) is 1. The van der Waals surface area contributed by atoms with Crippen molar-refractivity contribution in [3.05, 3.63) is 59.3 Å². The van der Waals surface area contributed by atoms with Gasteiger partial charge in [-0.15, -0.1) is 0 Å². The van der Waals surface area contributed by atoms with Crippen LogP contribution in [-0.4, -0.2) is 39.2 Å². The highest BCUT2D eigenvalue weighted by molar-refractivity contribution is 6.06. The summed E-state index contributed by atoms with van der Waals surface area (Å²) in [6, 6.07) is 11.1. The summed E-state index contributed by atoms with van der Waals surface area (Å²) in [7, 11) is 0. The Morgan fingerprint density at radius 3 is 2.47 bits per heavy atom. The van der Waals surface area contributed by atoms with Crippen molar-refractivity contribution in [2.24, 2.45) is 0 Å². The SMILES string of the molecule is Cc1nc2cccc(OCC(C)(C)NC(=O)c3ccc(O)cc3)c2c(N)c1C(=O)O. The molecule has 1 amide bonds. The molecule has 0 aliphatic heterocycles. The Kier molecular flexibility index (Phi) is 5.51. The number of hydrogen-bond donors (Lipinski definition) is 4. The second-order valence-corrected chi connectivity index (χ2v) is 7.61. The van der Waals surface area contributed by atoms with Crippen molar-refractivity contribution in [3.63, 3.8) is 0 Å². The highest BCUT2D eigenvalue weighted by Crippen LogP contribution is 2.33. The van der Waals surface area contributed by atoms with Crippen LogP contribution in [-0.2, 0) is 0 Å². The van der Waals surface area contributed by atoms with Gasteiger partial charge in [-0.25, -0.2) is 4.79 Å². The fraction of sp³-hybridized carbons (Fsp3) is 0.227. The number of phenolic OH excluding ortho intramolecular Hbond substituents is 1. The van der Waals surface area contributed by atoms with E-state index in [9.17, 15) is 19.8 Å². The summed E-state index contributed by atoms with van der Waals surface area (Å²) in [5.41, 5.74) is 6.68. The van der Waals surface area contributed by atoms with Gasteiger partial charge in [-0.2, -0.15) is 0 Å². The summed E-state index contributed by atoms with van der Waals surface area (Å²) in [5.74, 6) is -1.01. The Bertz CT molecular complexity index is 1120. The number of nitrogen functional groups attached to an aromatic ring is 1. The zero-order valence-electron chi connectivity index (χ0n) is 16.9. The maximum atomic E-state index is 12.5. The standard InChI is InChI=1S/C22H23N3O5/c1-12-17(21(28)29)19(23)18-15(24-12)5-4-6-16(18)30-11-22(2,3)25-20(27)13-7-9-14(26)10-8-13/h4-10,26H,11H2,1-3H3,(H2,23,24)(H,25,27)(H,28,29). The summed E-state index contributed by atoms with van der Waals surface area (Å²) in [6.45, 7) is 5.29. The van der Waals surface area contributed by atoms with Crippen molar-refractivity contribution in [1.29, 1.82) is 0 Å². The summed E-state index contributed by atoms with van der Waals surface area (Å²) in [4.78, 5) is 28.4. The van der Waals surface area contributed by atoms with Crippen molar-refractivity contribution < 1.29 is 24.5 Å². The van der Waals surface area contributed by atoms with Crippen LogP contribution in [0, 0.1) is 6.92 Å². The third-order valence-corrected chi connectivity index (χ3v) is 4.58. The zero-order valence-corrected chi connectivity index (χ0v) is 16.9. The summed E-state index contributed by atoms with van der Waals surface area (Å²) in [6.07, 6.45) is 0. The molecule has 8 nitrogen and oxygen atoms in total. The van der Waals surface area contributed by atoms with Gasteiger partial charge in [-0.1, -0.05) is 6.07 Å². The van der Waals surface area contributed by atoms with E-state index in [4.69, 9.17) is 10.5 Å². The normalized spacial score (nSPS) is 11.3. The quantitative estimate of drug-likeness (QED) is 0.491. The third kappa shape index (κ3) is 4.27. The number of benzene rings is 2. The first kappa shape index (κ1) is 20.9. The molecule has 30 heavy (non-hydrogen) atoms. The van der Waals surface area contributed by atoms with Crippen molar-refractivity contribution in [2.75, 3.05) is 12.3 Å². The van der Waals surface area contributed by atoms with Gasteiger partial charge in [0.25, 0.3) is 5.91 Å². The van der Waals surface area contributed by atoms with Crippen LogP contribution in [0.1, 0.15) is 40.3 Å². The van der Waals surface area contributed by atoms with Gasteiger partial charge in [0.15, 0.2) is 0 Å². The van der Waals surface area contributed by atoms with E-state index in [0.29, 0.717) is 27.9 Å². The van der Waals surface area contributed by atoms with E-state index in [2.05, 4.69) is 10.3 Å². The number of aryl methyl sites for hydroxylation is 1. The van der Waals surface area contributed by atoms with E-state index in [0.717, 1.165) is 0 Å². The molecule has 3 aromatic rings. The third-order valence-electron chi connectivity index (χ3n) is 4.58. The molecule has 2 aromatic carbocycles. The maximum absolute atomic E-state index is 12.5. The van der Waals surface area contributed by atoms with Gasteiger partial charge in [0.2, 0.25) is 0 Å². The number of pyridine rings is 1. The van der Waals surface area contributed by atoms with Crippen LogP contribution in [0.4, 0.5) is 5.69 Å². The molecule has 0 aliphatic rings. The van der Waals surface area contributed by atoms with E-state index in [1.165, 1.54) is 24.3 Å². The molecule has 0 spiro atoms. The average Bonchev–Trinajstić information content (AvgIpc) is 2.66. The first-order valence-electron chi connectivity index (χ1n) is 9.25. The van der Waals surface area contributed by atoms with Crippen LogP contribution in [0.25, 0.3) is 10.9 Å². The highest BCUT2D eigenvalue weighted by Gasteiger charge is 2.24. The molecule has 3 rings (SSSR count). The van der Waals surface area contributed by atoms with E-state index in [1.807, 2.05) is 0 Å². The number of aromatic carboxylic acids is 1. The van der Waals surface area contributed by atoms with Gasteiger partial charge in [0, 0.05) is 5.56 Å². The van der Waals surface area contributed by atoms with Gasteiger partial charge in [0.05, 0.1) is 27.8 Å². The minimum Gasteiger partial charge on any atom is -0.508 e. The first-order chi connectivity index (χ1) is 14.1. The maximum Gasteiger partial charge on any atom is 0.339 e. The Labute approximate surface area is 173 Å². The Morgan fingerprint density at radius 2 is 1.83 bits per heavy atom. The monoisotopic (exact) mass is 409 g/mol. The number of carboxylic acids is 1. The summed E-state index contributed by atoms with van der Waals surface area (Å²) < 4.78 is 5.93. The minimum absolute atomic E-state index is 0.0570. The number of nitrogens with one attached hydrogen (secondary N) is 1. The number of carbonyl (C=O) groups is 2. The second-order valence-electron chi connectivity index (χ2n) is 7.61. The Morgan fingerprint density at radius 1 is 1.17 bits per heavy atom. The molecular weight excluding hydrogens is 386 g/mol. The predicted octanol–water partition coefficient (Wildman–Crippen LogP) is 3.12. The average molecular weight is 409 g/mol. The second kappa shape index (κ2) is 7.90. The molecule has 0 atom stereocenters. The van der Waals surface area contributed by atoms with Crippen molar-refractivity contribution in [1.82, 2.24) is 10.3 Å². The van der Waals surface area contributed by atoms with Crippen LogP contribution in [0.15, 0.2) is 42.5 Å². The lowest BCUT2D eigenvalue weighted by molar-refractivity contribution is 0.0696. The van der Waals surface area contributed by atoms with Crippen LogP contribution in [0.2, 0.25) is 0 Å². The lowest BCUT2D eigenvalue weighted by Gasteiger charge is -2.27. The molecule has 0 radical (unpaired) electrons. The van der Waals surface area contributed by atoms with Crippen molar-refractivity contribution in [2.45, 2.75) is 26.3 Å². The molecular formula is C22H23N3O5. The molecule has 0 bridgehead atoms. The molecule has 0 saturated carbocycles. The number of ether oxygens (including phenoxy) is 1. The van der Waals surface area contributed by atoms with Crippen molar-refractivity contribution in [3.8, 4) is 11.5 Å². The highest BCUT2D eigenvalue weighted by atomic mass is 16.5. The molecule has 156 valence electrons. The van der Waals surface area contributed by atoms with Gasteiger partial charge in [-0.05, 0) is 57.2 Å². The number of fused-ring (bicyclic) bond motifs is 1. The number of rotatable bonds is 6. The number of anilines is 1. The predicted molar refractivity (Wildman–Crippen MR) is 113 cm³/mol. The molecule has 0 aliphatic carbocycles. The van der Waals surface area contributed by atoms with E-state index < -0.39 is 11.5 Å². The molecule has 0 saturated heterocycles. The smallest absolute Gasteiger partial charge is 0.339 e. The van der Waals surface area contributed by atoms with Crippen LogP contribution < -0.4 is 15.8 Å². The lowest BCUT2D eigenvalue weighted by atomic mass is 10.0. The Hall–Kier alpha value is -3.81. The number of aromatic nitrogens is 1.